The number of ether oxygens (including phenoxy) is 1. The van der Waals surface area contributed by atoms with Crippen LogP contribution in [-0.2, 0) is 6.61 Å². The minimum Gasteiger partial charge on any atom is -0.487 e. The van der Waals surface area contributed by atoms with Crippen molar-refractivity contribution in [1.29, 1.82) is 0 Å². The molecule has 0 aliphatic carbocycles. The molecule has 0 aliphatic rings. The number of carbonyl (C=O) groups is 1. The van der Waals surface area contributed by atoms with Gasteiger partial charge < -0.3 is 4.74 Å². The molecule has 0 saturated carbocycles. The van der Waals surface area contributed by atoms with Gasteiger partial charge in [0, 0.05) is 5.56 Å². The first-order valence-electron chi connectivity index (χ1n) is 7.49. The van der Waals surface area contributed by atoms with Crippen molar-refractivity contribution in [2.24, 2.45) is 0 Å². The zero-order valence-electron chi connectivity index (χ0n) is 13.3. The number of aromatic nitrogens is 2. The Morgan fingerprint density at radius 3 is 2.62 bits per heavy atom. The predicted octanol–water partition coefficient (Wildman–Crippen LogP) is 3.41. The lowest BCUT2D eigenvalue weighted by atomic mass is 10.1. The Kier molecular flexibility index (Phi) is 5.14. The van der Waals surface area contributed by atoms with Crippen LogP contribution in [0.2, 0.25) is 5.02 Å². The number of rotatable bonds is 6. The number of hydrogen-bond donors (Lipinski definition) is 1. The van der Waals surface area contributed by atoms with E-state index in [9.17, 15) is 14.9 Å². The summed E-state index contributed by atoms with van der Waals surface area (Å²) in [6, 6.07) is 13.9. The van der Waals surface area contributed by atoms with Gasteiger partial charge in [0.2, 0.25) is 0 Å². The number of amides is 1. The molecular formula is C17H13ClN4O4. The van der Waals surface area contributed by atoms with E-state index < -0.39 is 10.8 Å². The van der Waals surface area contributed by atoms with Crippen LogP contribution in [-0.4, -0.2) is 20.7 Å². The van der Waals surface area contributed by atoms with Gasteiger partial charge >= 0.3 is 5.69 Å². The largest absolute Gasteiger partial charge is 0.487 e. The van der Waals surface area contributed by atoms with Crippen LogP contribution < -0.4 is 10.2 Å². The number of nitrogens with one attached hydrogen (secondary N) is 1. The molecule has 132 valence electrons. The van der Waals surface area contributed by atoms with Crippen LogP contribution >= 0.6 is 11.6 Å². The predicted molar refractivity (Wildman–Crippen MR) is 94.8 cm³/mol. The second-order valence-corrected chi connectivity index (χ2v) is 5.66. The number of para-hydroxylation sites is 1. The Hall–Kier alpha value is -3.39. The van der Waals surface area contributed by atoms with Gasteiger partial charge in [-0.2, -0.15) is 9.89 Å². The molecule has 26 heavy (non-hydrogen) atoms. The smallest absolute Gasteiger partial charge is 0.309 e. The quantitative estimate of drug-likeness (QED) is 0.528. The first-order chi connectivity index (χ1) is 12.5. The van der Waals surface area contributed by atoms with Crippen LogP contribution in [0.15, 0.2) is 60.9 Å². The molecule has 9 heteroatoms. The van der Waals surface area contributed by atoms with Gasteiger partial charge in [-0.05, 0) is 29.8 Å². The first kappa shape index (κ1) is 17.4. The second-order valence-electron chi connectivity index (χ2n) is 5.26. The van der Waals surface area contributed by atoms with Crippen molar-refractivity contribution in [3.05, 3.63) is 87.2 Å². The maximum absolute atomic E-state index is 12.1. The van der Waals surface area contributed by atoms with Gasteiger partial charge in [-0.25, -0.2) is 5.43 Å². The van der Waals surface area contributed by atoms with Gasteiger partial charge in [-0.3, -0.25) is 14.9 Å². The number of halogens is 1. The SMILES string of the molecule is O=C(Nn1cc([N+](=O)[O-])cn1)c1ccc(COc2ccccc2Cl)cc1. The number of nitro groups is 1. The summed E-state index contributed by atoms with van der Waals surface area (Å²) in [6.45, 7) is 0.303. The molecule has 1 amide bonds. The van der Waals surface area contributed by atoms with Crippen LogP contribution in [0.1, 0.15) is 15.9 Å². The summed E-state index contributed by atoms with van der Waals surface area (Å²) in [6.07, 6.45) is 2.17. The Labute approximate surface area is 153 Å². The highest BCUT2D eigenvalue weighted by Gasteiger charge is 2.12. The number of benzene rings is 2. The maximum atomic E-state index is 12.1. The standard InChI is InChI=1S/C17H13ClN4O4/c18-15-3-1-2-4-16(15)26-11-12-5-7-13(8-6-12)17(23)20-21-10-14(9-19-21)22(24)25/h1-10H,11H2,(H,20,23). The zero-order valence-corrected chi connectivity index (χ0v) is 14.1. The summed E-state index contributed by atoms with van der Waals surface area (Å²) in [5, 5.41) is 14.8. The summed E-state index contributed by atoms with van der Waals surface area (Å²) in [5.74, 6) is 0.137. The molecule has 0 atom stereocenters. The molecular weight excluding hydrogens is 360 g/mol. The lowest BCUT2D eigenvalue weighted by Crippen LogP contribution is -2.23. The van der Waals surface area contributed by atoms with Gasteiger partial charge in [0.15, 0.2) is 0 Å². The van der Waals surface area contributed by atoms with Crippen molar-refractivity contribution in [2.45, 2.75) is 6.61 Å². The van der Waals surface area contributed by atoms with Crippen LogP contribution in [0.5, 0.6) is 5.75 Å². The summed E-state index contributed by atoms with van der Waals surface area (Å²) < 4.78 is 5.63. The highest BCUT2D eigenvalue weighted by atomic mass is 35.5. The molecule has 0 spiro atoms. The van der Waals surface area contributed by atoms with Gasteiger partial charge in [0.25, 0.3) is 5.91 Å². The van der Waals surface area contributed by atoms with E-state index in [2.05, 4.69) is 10.5 Å². The molecule has 0 bridgehead atoms. The lowest BCUT2D eigenvalue weighted by molar-refractivity contribution is -0.384. The number of hydrogen-bond acceptors (Lipinski definition) is 5. The molecule has 1 N–H and O–H groups in total. The highest BCUT2D eigenvalue weighted by Crippen LogP contribution is 2.24. The van der Waals surface area contributed by atoms with Crippen molar-refractivity contribution in [1.82, 2.24) is 9.89 Å². The molecule has 3 rings (SSSR count). The van der Waals surface area contributed by atoms with Gasteiger partial charge in [-0.1, -0.05) is 35.9 Å². The fraction of sp³-hybridized carbons (Fsp3) is 0.0588. The van der Waals surface area contributed by atoms with E-state index in [1.165, 1.54) is 0 Å². The van der Waals surface area contributed by atoms with Crippen LogP contribution in [0, 0.1) is 10.1 Å². The third-order valence-corrected chi connectivity index (χ3v) is 3.76. The molecule has 1 aromatic heterocycles. The minimum atomic E-state index is -0.594. The van der Waals surface area contributed by atoms with Crippen molar-refractivity contribution >= 4 is 23.2 Å². The molecule has 2 aromatic carbocycles. The Balaban J connectivity index is 1.60. The molecule has 0 radical (unpaired) electrons. The first-order valence-corrected chi connectivity index (χ1v) is 7.87. The van der Waals surface area contributed by atoms with Gasteiger partial charge in [-0.15, -0.1) is 0 Å². The maximum Gasteiger partial charge on any atom is 0.309 e. The van der Waals surface area contributed by atoms with Crippen molar-refractivity contribution in [2.75, 3.05) is 5.43 Å². The third kappa shape index (κ3) is 4.17. The van der Waals surface area contributed by atoms with E-state index >= 15 is 0 Å². The van der Waals surface area contributed by atoms with E-state index in [0.29, 0.717) is 22.9 Å². The van der Waals surface area contributed by atoms with E-state index in [1.54, 1.807) is 36.4 Å². The average Bonchev–Trinajstić information content (AvgIpc) is 3.10. The summed E-state index contributed by atoms with van der Waals surface area (Å²) in [7, 11) is 0. The third-order valence-electron chi connectivity index (χ3n) is 3.44. The monoisotopic (exact) mass is 372 g/mol. The van der Waals surface area contributed by atoms with Crippen LogP contribution in [0.3, 0.4) is 0 Å². The molecule has 0 aliphatic heterocycles. The van der Waals surface area contributed by atoms with Crippen molar-refractivity contribution in [3.8, 4) is 5.75 Å². The second kappa shape index (κ2) is 7.66. The van der Waals surface area contributed by atoms with Gasteiger partial charge in [0.1, 0.15) is 24.8 Å². The van der Waals surface area contributed by atoms with Crippen LogP contribution in [0.25, 0.3) is 0 Å². The van der Waals surface area contributed by atoms with Crippen molar-refractivity contribution in [3.63, 3.8) is 0 Å². The summed E-state index contributed by atoms with van der Waals surface area (Å²) in [5.41, 5.74) is 3.46. The molecule has 0 saturated heterocycles. The molecule has 8 nitrogen and oxygen atoms in total. The van der Waals surface area contributed by atoms with E-state index in [0.717, 1.165) is 22.7 Å². The molecule has 3 aromatic rings. The number of carbonyl (C=O) groups excluding carboxylic acids is 1. The lowest BCUT2D eigenvalue weighted by Gasteiger charge is -2.09. The summed E-state index contributed by atoms with van der Waals surface area (Å²) >= 11 is 6.03. The minimum absolute atomic E-state index is 0.211. The van der Waals surface area contributed by atoms with Crippen LogP contribution in [0.4, 0.5) is 5.69 Å². The van der Waals surface area contributed by atoms with E-state index in [4.69, 9.17) is 16.3 Å². The highest BCUT2D eigenvalue weighted by molar-refractivity contribution is 6.32. The number of nitrogens with zero attached hydrogens (tertiary/aromatic N) is 3. The van der Waals surface area contributed by atoms with Gasteiger partial charge in [0.05, 0.1) is 9.95 Å². The molecule has 1 heterocycles. The molecule has 0 fully saturated rings. The fourth-order valence-corrected chi connectivity index (χ4v) is 2.30. The Morgan fingerprint density at radius 1 is 1.23 bits per heavy atom. The Morgan fingerprint density at radius 2 is 1.96 bits per heavy atom. The average molecular weight is 373 g/mol. The Bertz CT molecular complexity index is 940. The zero-order chi connectivity index (χ0) is 18.5. The fourth-order valence-electron chi connectivity index (χ4n) is 2.11. The molecule has 0 unspecified atom stereocenters. The van der Waals surface area contributed by atoms with Crippen molar-refractivity contribution < 1.29 is 14.5 Å². The summed E-state index contributed by atoms with van der Waals surface area (Å²) in [4.78, 5) is 23.2. The van der Waals surface area contributed by atoms with E-state index in [-0.39, 0.29) is 5.69 Å². The topological polar surface area (TPSA) is 99.3 Å². The van der Waals surface area contributed by atoms with E-state index in [1.807, 2.05) is 12.1 Å². The normalized spacial score (nSPS) is 10.3.